The van der Waals surface area contributed by atoms with Crippen LogP contribution in [0.5, 0.6) is 0 Å². The summed E-state index contributed by atoms with van der Waals surface area (Å²) in [5.41, 5.74) is 4.11. The summed E-state index contributed by atoms with van der Waals surface area (Å²) in [6.45, 7) is 4.72. The fraction of sp³-hybridized carbons (Fsp3) is 0.238. The van der Waals surface area contributed by atoms with Gasteiger partial charge < -0.3 is 5.32 Å². The van der Waals surface area contributed by atoms with Crippen molar-refractivity contribution < 1.29 is 9.31 Å². The average molecular weight is 354 g/mol. The van der Waals surface area contributed by atoms with Crippen LogP contribution in [0.3, 0.4) is 0 Å². The molecule has 2 aromatic carbocycles. The molecule has 2 rings (SSSR count). The number of hydrogen-bond donors (Lipinski definition) is 1. The van der Waals surface area contributed by atoms with Gasteiger partial charge >= 0.3 is 0 Å². The Kier molecular flexibility index (Phi) is 8.59. The van der Waals surface area contributed by atoms with Crippen LogP contribution in [0.15, 0.2) is 54.1 Å². The molecule has 0 radical (unpaired) electrons. The zero-order chi connectivity index (χ0) is 19.5. The number of hydrogen-bond acceptors (Lipinski definition) is 3. The number of nitrogens with zero attached hydrogens (tertiary/aromatic N) is 1. The molecule has 0 unspecified atom stereocenters. The normalized spacial score (nSPS) is 11.0. The van der Waals surface area contributed by atoms with E-state index in [1.165, 1.54) is 29.8 Å². The predicted molar refractivity (Wildman–Crippen MR) is 104 cm³/mol. The van der Waals surface area contributed by atoms with E-state index in [1.54, 1.807) is 24.3 Å². The average Bonchev–Trinajstić information content (AvgIpc) is 2.65. The van der Waals surface area contributed by atoms with Gasteiger partial charge in [0.15, 0.2) is 0 Å². The van der Waals surface area contributed by atoms with E-state index in [4.69, 9.17) is 0 Å². The van der Waals surface area contributed by atoms with Crippen molar-refractivity contribution in [3.05, 3.63) is 81.2 Å². The number of terminal acetylenes is 1. The van der Waals surface area contributed by atoms with Crippen molar-refractivity contribution >= 4 is 11.4 Å². The van der Waals surface area contributed by atoms with Crippen molar-refractivity contribution in [1.29, 1.82) is 0 Å². The fourth-order valence-electron chi connectivity index (χ4n) is 2.54. The highest BCUT2D eigenvalue weighted by atomic mass is 19.1. The monoisotopic (exact) mass is 354 g/mol. The summed E-state index contributed by atoms with van der Waals surface area (Å²) in [5, 5.41) is 14.2. The lowest BCUT2D eigenvalue weighted by atomic mass is 10.0. The molecule has 136 valence electrons. The Bertz CT molecular complexity index is 763. The Morgan fingerprint density at radius 2 is 1.69 bits per heavy atom. The maximum atomic E-state index is 13.0. The second kappa shape index (κ2) is 10.7. The van der Waals surface area contributed by atoms with Gasteiger partial charge in [0.1, 0.15) is 5.82 Å². The summed E-state index contributed by atoms with van der Waals surface area (Å²) in [4.78, 5) is 10.4. The minimum absolute atomic E-state index is 0.0739. The third-order valence-electron chi connectivity index (χ3n) is 3.80. The van der Waals surface area contributed by atoms with Crippen LogP contribution in [0.4, 0.5) is 10.1 Å². The molecular weight excluding hydrogens is 331 g/mol. The summed E-state index contributed by atoms with van der Waals surface area (Å²) in [6.07, 6.45) is 9.95. The zero-order valence-corrected chi connectivity index (χ0v) is 15.0. The molecule has 0 saturated carbocycles. The Morgan fingerprint density at radius 1 is 1.12 bits per heavy atom. The lowest BCUT2D eigenvalue weighted by Gasteiger charge is -2.15. The summed E-state index contributed by atoms with van der Waals surface area (Å²) in [5.74, 6) is -0.257. The molecular formula is C21H23FN2O2. The van der Waals surface area contributed by atoms with Crippen LogP contribution < -0.4 is 5.32 Å². The summed E-state index contributed by atoms with van der Waals surface area (Å²) in [6, 6.07) is 12.9. The number of nitro benzene ring substituents is 1. The van der Waals surface area contributed by atoms with Crippen LogP contribution in [-0.2, 0) is 6.54 Å². The molecule has 0 saturated heterocycles. The van der Waals surface area contributed by atoms with E-state index in [2.05, 4.69) is 32.0 Å². The molecule has 2 aromatic rings. The first kappa shape index (κ1) is 20.9. The van der Waals surface area contributed by atoms with E-state index in [0.717, 1.165) is 29.7 Å². The molecule has 0 aliphatic rings. The number of benzene rings is 2. The van der Waals surface area contributed by atoms with Crippen LogP contribution in [0.1, 0.15) is 37.8 Å². The Labute approximate surface area is 153 Å². The quantitative estimate of drug-likeness (QED) is 0.417. The van der Waals surface area contributed by atoms with E-state index in [1.807, 2.05) is 0 Å². The predicted octanol–water partition coefficient (Wildman–Crippen LogP) is 5.30. The zero-order valence-electron chi connectivity index (χ0n) is 15.0. The molecule has 0 heterocycles. The lowest BCUT2D eigenvalue weighted by molar-refractivity contribution is -0.384. The first-order valence-electron chi connectivity index (χ1n) is 8.27. The Balaban J connectivity index is 0.00000163. The molecule has 0 aliphatic heterocycles. The van der Waals surface area contributed by atoms with Crippen LogP contribution in [0, 0.1) is 28.8 Å². The van der Waals surface area contributed by atoms with Crippen LogP contribution in [0.2, 0.25) is 0 Å². The van der Waals surface area contributed by atoms with Crippen LogP contribution in [-0.4, -0.2) is 4.92 Å². The van der Waals surface area contributed by atoms with Crippen molar-refractivity contribution in [2.24, 2.45) is 0 Å². The molecule has 0 amide bonds. The van der Waals surface area contributed by atoms with E-state index in [-0.39, 0.29) is 11.5 Å². The lowest BCUT2D eigenvalue weighted by Crippen LogP contribution is -2.14. The minimum atomic E-state index is -0.405. The van der Waals surface area contributed by atoms with Gasteiger partial charge in [0, 0.05) is 24.4 Å². The minimum Gasteiger partial charge on any atom is -0.381 e. The van der Waals surface area contributed by atoms with Gasteiger partial charge in [-0.05, 0) is 54.3 Å². The smallest absolute Gasteiger partial charge is 0.269 e. The molecule has 0 atom stereocenters. The van der Waals surface area contributed by atoms with Crippen molar-refractivity contribution in [3.63, 3.8) is 0 Å². The standard InChI is InChI=1S/C19H21FN2O2.C2H2/c1-3-4-14(2)19(16-7-11-18(12-8-16)22(23)24)21-13-15-5-9-17(20)10-6-15;1-2/h5-12,21H,3-4,13H2,1-2H3;1-2H/b19-14+;. The molecule has 5 heteroatoms. The van der Waals surface area contributed by atoms with Crippen molar-refractivity contribution in [3.8, 4) is 12.8 Å². The number of non-ortho nitro benzene ring substituents is 1. The molecule has 0 bridgehead atoms. The second-order valence-electron chi connectivity index (χ2n) is 5.69. The summed E-state index contributed by atoms with van der Waals surface area (Å²) in [7, 11) is 0. The second-order valence-corrected chi connectivity index (χ2v) is 5.69. The number of nitrogens with one attached hydrogen (secondary N) is 1. The van der Waals surface area contributed by atoms with Crippen molar-refractivity contribution in [2.75, 3.05) is 0 Å². The van der Waals surface area contributed by atoms with Gasteiger partial charge in [-0.25, -0.2) is 4.39 Å². The van der Waals surface area contributed by atoms with E-state index >= 15 is 0 Å². The van der Waals surface area contributed by atoms with E-state index in [9.17, 15) is 14.5 Å². The molecule has 0 spiro atoms. The van der Waals surface area contributed by atoms with Gasteiger partial charge in [0.2, 0.25) is 0 Å². The Morgan fingerprint density at radius 3 is 2.19 bits per heavy atom. The third kappa shape index (κ3) is 6.06. The van der Waals surface area contributed by atoms with Gasteiger partial charge in [0.05, 0.1) is 4.92 Å². The molecule has 1 N–H and O–H groups in total. The molecule has 0 aromatic heterocycles. The van der Waals surface area contributed by atoms with Crippen molar-refractivity contribution in [2.45, 2.75) is 33.2 Å². The first-order valence-corrected chi connectivity index (χ1v) is 8.27. The highest BCUT2D eigenvalue weighted by molar-refractivity contribution is 5.67. The summed E-state index contributed by atoms with van der Waals surface area (Å²) >= 11 is 0. The first-order chi connectivity index (χ1) is 12.5. The maximum absolute atomic E-state index is 13.0. The van der Waals surface area contributed by atoms with E-state index < -0.39 is 4.92 Å². The number of nitro groups is 1. The number of allylic oxidation sites excluding steroid dienone is 1. The van der Waals surface area contributed by atoms with Gasteiger partial charge in [-0.1, -0.05) is 25.5 Å². The number of rotatable bonds is 7. The number of halogens is 1. The fourth-order valence-corrected chi connectivity index (χ4v) is 2.54. The molecule has 4 nitrogen and oxygen atoms in total. The Hall–Kier alpha value is -3.13. The molecule has 26 heavy (non-hydrogen) atoms. The van der Waals surface area contributed by atoms with Gasteiger partial charge in [-0.3, -0.25) is 10.1 Å². The van der Waals surface area contributed by atoms with Gasteiger partial charge in [-0.2, -0.15) is 0 Å². The molecule has 0 aliphatic carbocycles. The SMILES string of the molecule is C#C.CCC/C(C)=C(/NCc1ccc(F)cc1)c1ccc([N+](=O)[O-])cc1. The summed E-state index contributed by atoms with van der Waals surface area (Å²) < 4.78 is 13.0. The highest BCUT2D eigenvalue weighted by Crippen LogP contribution is 2.22. The van der Waals surface area contributed by atoms with Crippen molar-refractivity contribution in [1.82, 2.24) is 5.32 Å². The van der Waals surface area contributed by atoms with Crippen LogP contribution in [0.25, 0.3) is 5.70 Å². The highest BCUT2D eigenvalue weighted by Gasteiger charge is 2.09. The van der Waals surface area contributed by atoms with Gasteiger partial charge in [0.25, 0.3) is 5.69 Å². The van der Waals surface area contributed by atoms with Gasteiger partial charge in [-0.15, -0.1) is 12.8 Å². The maximum Gasteiger partial charge on any atom is 0.269 e. The van der Waals surface area contributed by atoms with E-state index in [0.29, 0.717) is 6.54 Å². The van der Waals surface area contributed by atoms with Crippen LogP contribution >= 0.6 is 0 Å². The third-order valence-corrected chi connectivity index (χ3v) is 3.80. The molecule has 0 fully saturated rings. The topological polar surface area (TPSA) is 55.2 Å². The largest absolute Gasteiger partial charge is 0.381 e.